The topological polar surface area (TPSA) is 58.3 Å². The van der Waals surface area contributed by atoms with E-state index in [0.29, 0.717) is 12.6 Å². The number of hydrogen-bond donors (Lipinski definition) is 3. The molecule has 4 unspecified atom stereocenters. The molecule has 1 fully saturated rings. The molecule has 102 valence electrons. The molecule has 0 aromatic carbocycles. The van der Waals surface area contributed by atoms with Crippen LogP contribution in [-0.2, 0) is 0 Å². The molecule has 0 aromatic heterocycles. The number of nitrogens with one attached hydrogen (secondary N) is 1. The Labute approximate surface area is 106 Å². The predicted molar refractivity (Wildman–Crippen MR) is 72.9 cm³/mol. The van der Waals surface area contributed by atoms with Crippen LogP contribution in [-0.4, -0.2) is 29.3 Å². The zero-order valence-corrected chi connectivity index (χ0v) is 11.7. The summed E-state index contributed by atoms with van der Waals surface area (Å²) in [6.07, 6.45) is 6.79. The van der Waals surface area contributed by atoms with E-state index in [1.165, 1.54) is 32.1 Å². The molecule has 4 N–H and O–H groups in total. The van der Waals surface area contributed by atoms with Crippen LogP contribution in [0, 0.1) is 5.92 Å². The highest BCUT2D eigenvalue weighted by molar-refractivity contribution is 4.93. The summed E-state index contributed by atoms with van der Waals surface area (Å²) in [4.78, 5) is 0. The zero-order chi connectivity index (χ0) is 12.9. The van der Waals surface area contributed by atoms with Crippen LogP contribution in [0.5, 0.6) is 0 Å². The molecule has 17 heavy (non-hydrogen) atoms. The highest BCUT2D eigenvalue weighted by atomic mass is 16.3. The van der Waals surface area contributed by atoms with E-state index in [9.17, 15) is 5.11 Å². The monoisotopic (exact) mass is 242 g/mol. The van der Waals surface area contributed by atoms with Gasteiger partial charge in [0, 0.05) is 18.1 Å². The highest BCUT2D eigenvalue weighted by Gasteiger charge is 2.32. The van der Waals surface area contributed by atoms with Crippen LogP contribution in [0.4, 0.5) is 0 Å². The van der Waals surface area contributed by atoms with E-state index in [4.69, 9.17) is 5.73 Å². The van der Waals surface area contributed by atoms with Crippen molar-refractivity contribution < 1.29 is 5.11 Å². The van der Waals surface area contributed by atoms with Crippen LogP contribution in [0.2, 0.25) is 0 Å². The summed E-state index contributed by atoms with van der Waals surface area (Å²) in [7, 11) is 0. The second-order valence-electron chi connectivity index (χ2n) is 6.15. The van der Waals surface area contributed by atoms with E-state index >= 15 is 0 Å². The number of nitrogens with two attached hydrogens (primary N) is 1. The molecule has 0 saturated heterocycles. The third-order valence-corrected chi connectivity index (χ3v) is 4.11. The van der Waals surface area contributed by atoms with E-state index in [0.717, 1.165) is 12.3 Å². The van der Waals surface area contributed by atoms with E-state index in [2.05, 4.69) is 19.2 Å². The first kappa shape index (κ1) is 14.9. The van der Waals surface area contributed by atoms with E-state index in [1.54, 1.807) is 0 Å². The number of aliphatic hydroxyl groups is 1. The van der Waals surface area contributed by atoms with Crippen molar-refractivity contribution in [1.82, 2.24) is 5.32 Å². The van der Waals surface area contributed by atoms with E-state index in [1.807, 2.05) is 6.92 Å². The summed E-state index contributed by atoms with van der Waals surface area (Å²) in [5, 5.41) is 13.1. The maximum atomic E-state index is 9.44. The van der Waals surface area contributed by atoms with Crippen LogP contribution >= 0.6 is 0 Å². The Bertz CT molecular complexity index is 220. The Hall–Kier alpha value is -0.120. The van der Waals surface area contributed by atoms with E-state index in [-0.39, 0.29) is 11.6 Å². The fourth-order valence-electron chi connectivity index (χ4n) is 3.08. The number of aliphatic hydroxyl groups excluding tert-OH is 1. The maximum absolute atomic E-state index is 9.44. The van der Waals surface area contributed by atoms with Crippen molar-refractivity contribution in [1.29, 1.82) is 0 Å². The van der Waals surface area contributed by atoms with Crippen molar-refractivity contribution in [2.75, 3.05) is 6.54 Å². The number of hydrogen-bond acceptors (Lipinski definition) is 3. The summed E-state index contributed by atoms with van der Waals surface area (Å²) in [6.45, 7) is 7.05. The molecule has 1 rings (SSSR count). The molecule has 1 aliphatic carbocycles. The Kier molecular flexibility index (Phi) is 5.90. The lowest BCUT2D eigenvalue weighted by Gasteiger charge is -2.36. The van der Waals surface area contributed by atoms with Gasteiger partial charge in [-0.05, 0) is 45.4 Å². The summed E-state index contributed by atoms with van der Waals surface area (Å²) < 4.78 is 0. The van der Waals surface area contributed by atoms with Gasteiger partial charge in [-0.15, -0.1) is 0 Å². The van der Waals surface area contributed by atoms with E-state index < -0.39 is 0 Å². The predicted octanol–water partition coefficient (Wildman–Crippen LogP) is 2.03. The quantitative estimate of drug-likeness (QED) is 0.647. The van der Waals surface area contributed by atoms with Gasteiger partial charge in [0.2, 0.25) is 0 Å². The summed E-state index contributed by atoms with van der Waals surface area (Å²) in [5.41, 5.74) is 6.12. The van der Waals surface area contributed by atoms with Gasteiger partial charge in [0.15, 0.2) is 0 Å². The third kappa shape index (κ3) is 4.94. The second-order valence-corrected chi connectivity index (χ2v) is 6.15. The minimum absolute atomic E-state index is 0.110. The minimum atomic E-state index is -0.239. The molecule has 0 bridgehead atoms. The van der Waals surface area contributed by atoms with Crippen molar-refractivity contribution in [2.24, 2.45) is 11.7 Å². The first-order chi connectivity index (χ1) is 7.97. The van der Waals surface area contributed by atoms with Crippen molar-refractivity contribution in [3.63, 3.8) is 0 Å². The summed E-state index contributed by atoms with van der Waals surface area (Å²) in [6, 6.07) is 0.340. The molecule has 0 aromatic rings. The van der Waals surface area contributed by atoms with Crippen LogP contribution in [0.1, 0.15) is 59.3 Å². The molecule has 4 atom stereocenters. The molecule has 3 nitrogen and oxygen atoms in total. The molecule has 0 aliphatic heterocycles. The molecule has 0 radical (unpaired) electrons. The van der Waals surface area contributed by atoms with Crippen LogP contribution in [0.15, 0.2) is 0 Å². The van der Waals surface area contributed by atoms with Gasteiger partial charge in [0.05, 0.1) is 6.10 Å². The Balaban J connectivity index is 2.55. The van der Waals surface area contributed by atoms with Gasteiger partial charge in [-0.1, -0.05) is 19.8 Å². The molecule has 0 spiro atoms. The normalized spacial score (nSPS) is 34.1. The van der Waals surface area contributed by atoms with Gasteiger partial charge in [0.25, 0.3) is 0 Å². The molecule has 0 amide bonds. The molecular weight excluding hydrogens is 212 g/mol. The molecule has 1 saturated carbocycles. The standard InChI is InChI=1S/C14H30N2O/c1-11-5-4-7-14(10-15,8-6-11)16-12(2)9-13(3)17/h11-13,16-17H,4-10,15H2,1-3H3. The van der Waals surface area contributed by atoms with Gasteiger partial charge in [0.1, 0.15) is 0 Å². The third-order valence-electron chi connectivity index (χ3n) is 4.11. The Morgan fingerprint density at radius 3 is 2.65 bits per heavy atom. The molecular formula is C14H30N2O. The fourth-order valence-corrected chi connectivity index (χ4v) is 3.08. The first-order valence-electron chi connectivity index (χ1n) is 7.13. The molecule has 0 heterocycles. The van der Waals surface area contributed by atoms with Gasteiger partial charge in [-0.25, -0.2) is 0 Å². The lowest BCUT2D eigenvalue weighted by molar-refractivity contribution is 0.155. The van der Waals surface area contributed by atoms with Crippen LogP contribution in [0.3, 0.4) is 0 Å². The number of rotatable bonds is 5. The van der Waals surface area contributed by atoms with Gasteiger partial charge >= 0.3 is 0 Å². The van der Waals surface area contributed by atoms with Crippen LogP contribution in [0.25, 0.3) is 0 Å². The van der Waals surface area contributed by atoms with Crippen LogP contribution < -0.4 is 11.1 Å². The Morgan fingerprint density at radius 2 is 2.06 bits per heavy atom. The maximum Gasteiger partial charge on any atom is 0.0526 e. The summed E-state index contributed by atoms with van der Waals surface area (Å²) >= 11 is 0. The SMILES string of the molecule is CC(O)CC(C)NC1(CN)CCCC(C)CC1. The van der Waals surface area contributed by atoms with Crippen molar-refractivity contribution in [3.8, 4) is 0 Å². The lowest BCUT2D eigenvalue weighted by Crippen LogP contribution is -2.54. The average Bonchev–Trinajstić information content (AvgIpc) is 2.41. The lowest BCUT2D eigenvalue weighted by atomic mass is 9.88. The second kappa shape index (κ2) is 6.72. The van der Waals surface area contributed by atoms with Crippen molar-refractivity contribution >= 4 is 0 Å². The molecule has 3 heteroatoms. The average molecular weight is 242 g/mol. The smallest absolute Gasteiger partial charge is 0.0526 e. The van der Waals surface area contributed by atoms with Gasteiger partial charge < -0.3 is 16.2 Å². The first-order valence-corrected chi connectivity index (χ1v) is 7.13. The van der Waals surface area contributed by atoms with Crippen molar-refractivity contribution in [3.05, 3.63) is 0 Å². The highest BCUT2D eigenvalue weighted by Crippen LogP contribution is 2.30. The Morgan fingerprint density at radius 1 is 1.35 bits per heavy atom. The largest absolute Gasteiger partial charge is 0.393 e. The summed E-state index contributed by atoms with van der Waals surface area (Å²) in [5.74, 6) is 0.831. The van der Waals surface area contributed by atoms with Gasteiger partial charge in [-0.2, -0.15) is 0 Å². The molecule has 1 aliphatic rings. The van der Waals surface area contributed by atoms with Gasteiger partial charge in [-0.3, -0.25) is 0 Å². The zero-order valence-electron chi connectivity index (χ0n) is 11.7. The minimum Gasteiger partial charge on any atom is -0.393 e. The fraction of sp³-hybridized carbons (Fsp3) is 1.00. The van der Waals surface area contributed by atoms with Crippen molar-refractivity contribution in [2.45, 2.75) is 77.0 Å².